The van der Waals surface area contributed by atoms with E-state index in [9.17, 15) is 0 Å². The van der Waals surface area contributed by atoms with Crippen LogP contribution in [0.15, 0.2) is 96.6 Å². The first-order valence-electron chi connectivity index (χ1n) is 13.3. The predicted molar refractivity (Wildman–Crippen MR) is 168 cm³/mol. The Kier molecular flexibility index (Phi) is 22.3. The van der Waals surface area contributed by atoms with E-state index in [-0.39, 0.29) is 25.0 Å². The van der Waals surface area contributed by atoms with Gasteiger partial charge in [0.2, 0.25) is 0 Å². The minimum Gasteiger partial charge on any atom is 0 e. The minimum absolute atomic E-state index is 0. The zero-order valence-electron chi connectivity index (χ0n) is 24.3. The molecule has 210 valence electrons. The third kappa shape index (κ3) is 13.5. The van der Waals surface area contributed by atoms with Crippen molar-refractivity contribution in [3.8, 4) is 0 Å². The van der Waals surface area contributed by atoms with Crippen LogP contribution in [0.2, 0.25) is 0 Å². The number of rotatable bonds is 8. The van der Waals surface area contributed by atoms with Gasteiger partial charge in [-0.2, -0.15) is 0 Å². The molecule has 0 N–H and O–H groups in total. The van der Waals surface area contributed by atoms with Gasteiger partial charge < -0.3 is 0 Å². The Bertz CT molecular complexity index is 959. The van der Waals surface area contributed by atoms with Gasteiger partial charge in [-0.1, -0.05) is 111 Å². The fourth-order valence-corrected chi connectivity index (χ4v) is 7.98. The SMILES string of the molecule is C=CCP(c1ccccc1)c1ccccc1.CC(C)=CC[C]1[P][C](CC=C(C)C)[C]2CCCC[C]12.[C-]#[O+].[C-]#[O+].[Mn]. The number of hydrogen-bond donors (Lipinski definition) is 0. The molecule has 2 fully saturated rings. The fraction of sp³-hybridized carbons (Fsp3) is 0.314. The van der Waals surface area contributed by atoms with Crippen molar-refractivity contribution < 1.29 is 26.4 Å². The van der Waals surface area contributed by atoms with Crippen LogP contribution in [0.5, 0.6) is 0 Å². The Balaban J connectivity index is 0.000000668. The Morgan fingerprint density at radius 2 is 1.12 bits per heavy atom. The van der Waals surface area contributed by atoms with Crippen LogP contribution in [-0.2, 0) is 26.4 Å². The summed E-state index contributed by atoms with van der Waals surface area (Å²) >= 11 is 0. The van der Waals surface area contributed by atoms with Gasteiger partial charge in [-0.15, -0.1) is 6.58 Å². The van der Waals surface area contributed by atoms with E-state index in [2.05, 4.69) is 120 Å². The van der Waals surface area contributed by atoms with E-state index in [1.54, 1.807) is 23.2 Å². The smallest absolute Gasteiger partial charge is 0 e. The van der Waals surface area contributed by atoms with Crippen molar-refractivity contribution in [3.05, 3.63) is 133 Å². The molecule has 40 heavy (non-hydrogen) atoms. The maximum Gasteiger partial charge on any atom is 0 e. The van der Waals surface area contributed by atoms with Gasteiger partial charge in [0.15, 0.2) is 0 Å². The fourth-order valence-electron chi connectivity index (χ4n) is 4.48. The normalized spacial score (nSPS) is 14.8. The Hall–Kier alpha value is -1.48. The van der Waals surface area contributed by atoms with Crippen LogP contribution >= 0.6 is 16.5 Å². The molecule has 2 aromatic carbocycles. The molecular weight excluding hydrogens is 569 g/mol. The summed E-state index contributed by atoms with van der Waals surface area (Å²) in [7, 11) is 1.25. The van der Waals surface area contributed by atoms with Crippen LogP contribution < -0.4 is 10.6 Å². The number of fused-ring (bicyclic) bond motifs is 1. The van der Waals surface area contributed by atoms with E-state index >= 15 is 0 Å². The van der Waals surface area contributed by atoms with Crippen molar-refractivity contribution in [3.63, 3.8) is 0 Å². The quantitative estimate of drug-likeness (QED) is 0.0939. The average molecular weight is 611 g/mol. The van der Waals surface area contributed by atoms with E-state index < -0.39 is 0 Å². The predicted octanol–water partition coefficient (Wildman–Crippen LogP) is 9.67. The number of benzene rings is 2. The third-order valence-corrected chi connectivity index (χ3v) is 10.2. The molecule has 4 rings (SSSR count). The van der Waals surface area contributed by atoms with Gasteiger partial charge >= 0.3 is 22.6 Å². The first-order chi connectivity index (χ1) is 19.0. The van der Waals surface area contributed by atoms with Gasteiger partial charge in [-0.05, 0) is 89.9 Å². The Labute approximate surface area is 258 Å². The summed E-state index contributed by atoms with van der Waals surface area (Å²) in [5.74, 6) is 3.45. The van der Waals surface area contributed by atoms with E-state index in [1.165, 1.54) is 68.9 Å². The zero-order valence-corrected chi connectivity index (χ0v) is 27.2. The summed E-state index contributed by atoms with van der Waals surface area (Å²) in [5, 5.41) is 2.84. The van der Waals surface area contributed by atoms with Crippen LogP contribution in [0, 0.1) is 36.5 Å². The largest absolute Gasteiger partial charge is 0 e. The molecule has 1 aliphatic heterocycles. The second-order valence-corrected chi connectivity index (χ2v) is 13.3. The van der Waals surface area contributed by atoms with Crippen molar-refractivity contribution in [2.75, 3.05) is 6.16 Å². The third-order valence-electron chi connectivity index (χ3n) is 6.29. The summed E-state index contributed by atoms with van der Waals surface area (Å²) in [6.07, 6.45) is 15.6. The zero-order chi connectivity index (χ0) is 29.0. The van der Waals surface area contributed by atoms with Crippen LogP contribution in [0.4, 0.5) is 0 Å². The molecule has 1 saturated carbocycles. The van der Waals surface area contributed by atoms with Crippen molar-refractivity contribution in [1.29, 1.82) is 0 Å². The number of hydrogen-bond acceptors (Lipinski definition) is 0. The molecule has 1 aliphatic carbocycles. The molecule has 1 heterocycles. The molecule has 1 saturated heterocycles. The van der Waals surface area contributed by atoms with Crippen LogP contribution in [0.1, 0.15) is 66.2 Å². The topological polar surface area (TPSA) is 39.8 Å². The molecule has 0 spiro atoms. The maximum atomic E-state index is 7.50. The maximum absolute atomic E-state index is 7.50. The summed E-state index contributed by atoms with van der Waals surface area (Å²) in [4.78, 5) is 0. The molecular formula is C35H41MnO2P2. The summed E-state index contributed by atoms with van der Waals surface area (Å²) in [6.45, 7) is 21.7. The average Bonchev–Trinajstić information content (AvgIpc) is 3.34. The molecule has 5 heteroatoms. The molecule has 0 bridgehead atoms. The van der Waals surface area contributed by atoms with E-state index in [4.69, 9.17) is 9.30 Å². The summed E-state index contributed by atoms with van der Waals surface area (Å²) in [6, 6.07) is 21.4. The minimum atomic E-state index is -0.269. The monoisotopic (exact) mass is 610 g/mol. The first-order valence-corrected chi connectivity index (χ1v) is 15.7. The van der Waals surface area contributed by atoms with Crippen molar-refractivity contribution in [1.82, 2.24) is 0 Å². The second-order valence-electron chi connectivity index (χ2n) is 9.71. The van der Waals surface area contributed by atoms with Gasteiger partial charge in [0.25, 0.3) is 0 Å². The standard InChI is InChI=1S/C18H26P.C15H15P.2CO.Mn/c1-13(2)9-11-17-15-7-5-6-8-16(15)18(19-17)12-10-14(3)4;1-2-13-16(14-9-5-3-6-10-14)15-11-7-4-8-12-15;2*1-2;/h9-10H,5-8,11-12H2,1-4H3;2-12H,1,13H2;;;. The van der Waals surface area contributed by atoms with Crippen molar-refractivity contribution in [2.24, 2.45) is 0 Å². The molecule has 0 atom stereocenters. The summed E-state index contributed by atoms with van der Waals surface area (Å²) < 4.78 is 15.0. The summed E-state index contributed by atoms with van der Waals surface area (Å²) in [5.41, 5.74) is 6.26. The molecule has 6 radical (unpaired) electrons. The van der Waals surface area contributed by atoms with Gasteiger partial charge in [0, 0.05) is 28.4 Å². The molecule has 0 aromatic heterocycles. The van der Waals surface area contributed by atoms with E-state index in [1.807, 2.05) is 6.08 Å². The Morgan fingerprint density at radius 3 is 1.45 bits per heavy atom. The molecule has 0 amide bonds. The van der Waals surface area contributed by atoms with Crippen molar-refractivity contribution >= 4 is 27.1 Å². The van der Waals surface area contributed by atoms with Crippen molar-refractivity contribution in [2.45, 2.75) is 66.2 Å². The second kappa shape index (κ2) is 23.1. The molecule has 0 unspecified atom stereocenters. The van der Waals surface area contributed by atoms with Gasteiger partial charge in [-0.3, -0.25) is 0 Å². The van der Waals surface area contributed by atoms with E-state index in [0.717, 1.165) is 6.16 Å². The van der Waals surface area contributed by atoms with Crippen LogP contribution in [0.25, 0.3) is 0 Å². The van der Waals surface area contributed by atoms with Crippen LogP contribution in [-0.4, -0.2) is 6.16 Å². The molecule has 2 nitrogen and oxygen atoms in total. The van der Waals surface area contributed by atoms with Gasteiger partial charge in [-0.25, -0.2) is 0 Å². The first kappa shape index (κ1) is 38.5. The molecule has 2 aliphatic rings. The van der Waals surface area contributed by atoms with Gasteiger partial charge in [0.1, 0.15) is 0 Å². The number of allylic oxidation sites excluding steroid dienone is 5. The van der Waals surface area contributed by atoms with E-state index in [0.29, 0.717) is 0 Å². The molecule has 2 aromatic rings. The van der Waals surface area contributed by atoms with Crippen LogP contribution in [0.3, 0.4) is 0 Å². The van der Waals surface area contributed by atoms with Gasteiger partial charge in [0.05, 0.1) is 0 Å². The Morgan fingerprint density at radius 1 is 0.750 bits per heavy atom.